The van der Waals surface area contributed by atoms with E-state index in [2.05, 4.69) is 171 Å². The van der Waals surface area contributed by atoms with Crippen LogP contribution in [0.2, 0.25) is 0 Å². The number of hydrogen-bond donors (Lipinski definition) is 3. The van der Waals surface area contributed by atoms with Gasteiger partial charge < -0.3 is 9.47 Å². The van der Waals surface area contributed by atoms with E-state index in [-0.39, 0.29) is 23.9 Å². The summed E-state index contributed by atoms with van der Waals surface area (Å²) in [7, 11) is 1.64. The average molecular weight is 853 g/mol. The van der Waals surface area contributed by atoms with Gasteiger partial charge in [0, 0.05) is 79.3 Å². The van der Waals surface area contributed by atoms with Gasteiger partial charge in [0.05, 0.1) is 25.6 Å². The number of hydrogen-bond acceptors (Lipinski definition) is 13. The van der Waals surface area contributed by atoms with Gasteiger partial charge in [-0.25, -0.2) is 15.0 Å². The van der Waals surface area contributed by atoms with Crippen molar-refractivity contribution in [1.82, 2.24) is 29.4 Å². The predicted molar refractivity (Wildman–Crippen MR) is 245 cm³/mol. The topological polar surface area (TPSA) is 177 Å². The first-order valence-electron chi connectivity index (χ1n) is 16.8. The molecule has 0 amide bonds. The van der Waals surface area contributed by atoms with Gasteiger partial charge in [-0.1, -0.05) is 23.0 Å². The molecule has 2 N–H and O–H groups in total. The molecule has 0 radical (unpaired) electrons. The summed E-state index contributed by atoms with van der Waals surface area (Å²) >= 11 is 4.81. The van der Waals surface area contributed by atoms with Crippen molar-refractivity contribution >= 4 is 40.1 Å². The fourth-order valence-electron chi connectivity index (χ4n) is 4.53. The van der Waals surface area contributed by atoms with Gasteiger partial charge in [0.1, 0.15) is 16.9 Å². The fourth-order valence-corrected chi connectivity index (χ4v) is 5.78. The van der Waals surface area contributed by atoms with Gasteiger partial charge in [0.15, 0.2) is 5.65 Å². The molecule has 0 spiro atoms. The Balaban J connectivity index is -0.000000176. The lowest BCUT2D eigenvalue weighted by Crippen LogP contribution is -2.27. The smallest absolute Gasteiger partial charge is 0.352 e. The Morgan fingerprint density at radius 1 is 0.950 bits per heavy atom. The Hall–Kier alpha value is -7.92. The van der Waals surface area contributed by atoms with Crippen molar-refractivity contribution < 1.29 is 36.8 Å². The number of nitrogens with one attached hydrogen (secondary N) is 1. The molecule has 0 bridgehead atoms. The van der Waals surface area contributed by atoms with Gasteiger partial charge in [-0.05, 0) is 142 Å². The van der Waals surface area contributed by atoms with Crippen LogP contribution in [0.5, 0.6) is 5.75 Å². The van der Waals surface area contributed by atoms with Crippen LogP contribution in [-0.4, -0.2) is 68.1 Å². The molecule has 16 nitrogen and oxygen atoms in total. The highest BCUT2D eigenvalue weighted by molar-refractivity contribution is 7.75. The Bertz CT molecular complexity index is 2870. The lowest BCUT2D eigenvalue weighted by atomic mass is 10.2. The molecule has 0 saturated carbocycles. The van der Waals surface area contributed by atoms with Crippen molar-refractivity contribution in [3.63, 3.8) is 0 Å². The maximum atomic E-state index is 13.2. The van der Waals surface area contributed by atoms with E-state index in [1.807, 2.05) is 24.3 Å². The van der Waals surface area contributed by atoms with Crippen LogP contribution in [0.15, 0.2) is 57.1 Å². The zero-order chi connectivity index (χ0) is 43.0. The third kappa shape index (κ3) is 16.7. The summed E-state index contributed by atoms with van der Waals surface area (Å²) in [5.41, 5.74) is 7.53. The molecule has 3 aromatic heterocycles. The van der Waals surface area contributed by atoms with E-state index in [9.17, 15) is 4.79 Å². The molecule has 1 saturated heterocycles. The van der Waals surface area contributed by atoms with E-state index in [0.717, 1.165) is 60.8 Å². The zero-order valence-electron chi connectivity index (χ0n) is 31.9. The fraction of sp³-hybridized carbons (Fsp3) is 0.214. The molecule has 0 aliphatic carbocycles. The van der Waals surface area contributed by atoms with Crippen molar-refractivity contribution in [3.8, 4) is 125 Å². The van der Waals surface area contributed by atoms with Crippen LogP contribution < -0.4 is 10.4 Å². The van der Waals surface area contributed by atoms with E-state index < -0.39 is 0 Å². The molecule has 4 heterocycles. The van der Waals surface area contributed by atoms with Crippen LogP contribution in [0.1, 0.15) is 36.6 Å². The predicted octanol–water partition coefficient (Wildman–Crippen LogP) is 6.05. The van der Waals surface area contributed by atoms with Crippen LogP contribution in [0.4, 0.5) is 0 Å². The number of thiophene rings is 1. The lowest BCUT2D eigenvalue weighted by molar-refractivity contribution is -0.478. The first-order valence-corrected chi connectivity index (χ1v) is 18.0. The average Bonchev–Trinajstić information content (AvgIpc) is 3.86. The molecule has 0 atom stereocenters. The molecule has 314 valence electrons. The van der Waals surface area contributed by atoms with E-state index in [1.54, 1.807) is 29.9 Å². The van der Waals surface area contributed by atoms with Crippen LogP contribution in [0.25, 0.3) is 15.9 Å². The second-order valence-electron chi connectivity index (χ2n) is 10.6. The second kappa shape index (κ2) is 28.5. The third-order valence-electron chi connectivity index (χ3n) is 6.90. The zero-order valence-corrected chi connectivity index (χ0v) is 33.6. The SMILES string of the molecule is C#CC#CC#CC#CC#CC#CC#CC#CC#CC#CC.COc1ccc(Cn2c(=O)n3ncnc3c3cc(CN4CCCOCC4)sc32)cc1.N=N/N=N/N(OO)OS.[HH].[HH].[HH].[HH].[HH].[HH].[HH].[HH].[HH]. The second-order valence-corrected chi connectivity index (χ2v) is 11.9. The van der Waals surface area contributed by atoms with Crippen molar-refractivity contribution in [1.29, 1.82) is 5.53 Å². The molecule has 1 aromatic carbocycles. The summed E-state index contributed by atoms with van der Waals surface area (Å²) in [5, 5.41) is 20.9. The highest BCUT2D eigenvalue weighted by atomic mass is 32.1. The summed E-state index contributed by atoms with van der Waals surface area (Å²) in [4.78, 5) is 25.4. The molecule has 60 heavy (non-hydrogen) atoms. The Morgan fingerprint density at radius 3 is 2.12 bits per heavy atom. The van der Waals surface area contributed by atoms with Crippen molar-refractivity contribution in [3.05, 3.63) is 57.6 Å². The van der Waals surface area contributed by atoms with Crippen LogP contribution >= 0.6 is 24.2 Å². The molecule has 18 heteroatoms. The largest absolute Gasteiger partial charge is 0.497 e. The summed E-state index contributed by atoms with van der Waals surface area (Å²) in [6.07, 6.45) is 7.38. The first-order chi connectivity index (χ1) is 29.5. The molecule has 1 aliphatic rings. The third-order valence-corrected chi connectivity index (χ3v) is 8.18. The minimum absolute atomic E-state index is 0. The highest BCUT2D eigenvalue weighted by Gasteiger charge is 2.18. The molecule has 5 rings (SSSR count). The summed E-state index contributed by atoms with van der Waals surface area (Å²) in [6.45, 7) is 6.54. The number of ether oxygens (including phenoxy) is 2. The number of terminal acetylenes is 1. The molecule has 1 fully saturated rings. The number of fused-ring (bicyclic) bond motifs is 3. The summed E-state index contributed by atoms with van der Waals surface area (Å²) in [5.74, 6) is 47.7. The van der Waals surface area contributed by atoms with Crippen molar-refractivity contribution in [2.45, 2.75) is 26.4 Å². The molecule has 4 aromatic rings. The van der Waals surface area contributed by atoms with E-state index in [1.165, 1.54) is 15.7 Å². The summed E-state index contributed by atoms with van der Waals surface area (Å²) < 4.78 is 17.8. The number of benzene rings is 1. The van der Waals surface area contributed by atoms with E-state index in [4.69, 9.17) is 26.7 Å². The normalized spacial score (nSPS) is 10.7. The van der Waals surface area contributed by atoms with Gasteiger partial charge in [0.25, 0.3) is 0 Å². The van der Waals surface area contributed by atoms with Crippen LogP contribution in [0.3, 0.4) is 0 Å². The highest BCUT2D eigenvalue weighted by Crippen LogP contribution is 2.29. The standard InChI is InChI=1S/C21H23N5O3S.C21H4.H3N5O3S.9H2/c1-28-16-5-3-15(4-6-16)12-25-20-18(19-22-14-23-26(19)21(25)27)11-17(30-20)13-24-7-2-9-29-10-8-24;1-3-5-7-9-11-13-15-17-19-21-20-18-16-14-12-10-8-6-4-2;1-2-3-4-5(7-6)8-9;;;;;;;;;/h3-6,11,14H,2,7-10,12-13H2,1H3;1H,2H3;1,6,9H;9*1H/b;;2-1?,4-3+;;;;;;;;;. The number of aromatic nitrogens is 4. The summed E-state index contributed by atoms with van der Waals surface area (Å²) in [6, 6.07) is 9.93. The molecule has 1 aliphatic heterocycles. The minimum Gasteiger partial charge on any atom is -0.497 e. The monoisotopic (exact) mass is 852 g/mol. The number of thiol groups is 1. The van der Waals surface area contributed by atoms with Crippen LogP contribution in [-0.2, 0) is 27.1 Å². The maximum Gasteiger partial charge on any atom is 0.352 e. The number of methoxy groups -OCH3 is 1. The van der Waals surface area contributed by atoms with Gasteiger partial charge in [-0.3, -0.25) is 9.47 Å². The van der Waals surface area contributed by atoms with Crippen molar-refractivity contribution in [2.24, 2.45) is 15.7 Å². The lowest BCUT2D eigenvalue weighted by Gasteiger charge is -2.17. The Morgan fingerprint density at radius 2 is 1.57 bits per heavy atom. The van der Waals surface area contributed by atoms with Crippen LogP contribution in [0, 0.1) is 124 Å². The van der Waals surface area contributed by atoms with Gasteiger partial charge >= 0.3 is 5.69 Å². The molecular formula is C42H48N10O6S2. The molecular weight excluding hydrogens is 805 g/mol. The Kier molecular flexibility index (Phi) is 22.0. The quantitative estimate of drug-likeness (QED) is 0.0449. The van der Waals surface area contributed by atoms with E-state index in [0.29, 0.717) is 12.2 Å². The van der Waals surface area contributed by atoms with Crippen molar-refractivity contribution in [2.75, 3.05) is 33.4 Å². The van der Waals surface area contributed by atoms with Gasteiger partial charge in [-0.15, -0.1) is 17.8 Å². The van der Waals surface area contributed by atoms with Gasteiger partial charge in [0.2, 0.25) is 0 Å². The maximum absolute atomic E-state index is 13.2. The van der Waals surface area contributed by atoms with E-state index >= 15 is 0 Å². The number of nitrogens with zero attached hydrogens (tertiary/aromatic N) is 9. The van der Waals surface area contributed by atoms with Gasteiger partial charge in [-0.2, -0.15) is 19.4 Å². The Labute approximate surface area is 368 Å². The first kappa shape index (κ1) is 46.5. The number of rotatable bonds is 9. The minimum atomic E-state index is -0.178. The molecule has 0 unspecified atom stereocenters.